The molecule has 3 rings (SSSR count). The van der Waals surface area contributed by atoms with E-state index in [0.29, 0.717) is 6.61 Å². The van der Waals surface area contributed by atoms with Gasteiger partial charge in [0.15, 0.2) is 0 Å². The zero-order chi connectivity index (χ0) is 16.6. The van der Waals surface area contributed by atoms with E-state index in [9.17, 15) is 0 Å². The maximum absolute atomic E-state index is 5.49. The summed E-state index contributed by atoms with van der Waals surface area (Å²) in [6, 6.07) is 17.0. The molecule has 1 aliphatic rings. The highest BCUT2D eigenvalue weighted by Gasteiger charge is 2.14. The van der Waals surface area contributed by atoms with Crippen molar-refractivity contribution in [1.82, 2.24) is 0 Å². The van der Waals surface area contributed by atoms with Gasteiger partial charge in [-0.05, 0) is 36.2 Å². The van der Waals surface area contributed by atoms with Gasteiger partial charge in [0.05, 0.1) is 19.8 Å². The standard InChI is InChI=1S/C20H26N2O2/c1-2-23-16-17-6-5-8-19(14-17)21-15-18-7-3-4-9-20(18)22-10-12-24-13-11-22/h3-9,14,21H,2,10-13,15-16H2,1H3. The Balaban J connectivity index is 1.66. The number of nitrogens with one attached hydrogen (secondary N) is 1. The molecule has 0 unspecified atom stereocenters. The van der Waals surface area contributed by atoms with Crippen molar-refractivity contribution in [2.75, 3.05) is 43.1 Å². The van der Waals surface area contributed by atoms with Crippen LogP contribution in [0.25, 0.3) is 0 Å². The fourth-order valence-corrected chi connectivity index (χ4v) is 2.96. The van der Waals surface area contributed by atoms with E-state index >= 15 is 0 Å². The van der Waals surface area contributed by atoms with Crippen molar-refractivity contribution >= 4 is 11.4 Å². The van der Waals surface area contributed by atoms with Gasteiger partial charge in [0.25, 0.3) is 0 Å². The van der Waals surface area contributed by atoms with Crippen LogP contribution in [0.1, 0.15) is 18.1 Å². The number of anilines is 2. The van der Waals surface area contributed by atoms with Crippen molar-refractivity contribution in [2.24, 2.45) is 0 Å². The summed E-state index contributed by atoms with van der Waals surface area (Å²) in [5.41, 5.74) is 4.95. The number of hydrogen-bond acceptors (Lipinski definition) is 4. The van der Waals surface area contributed by atoms with Crippen molar-refractivity contribution < 1.29 is 9.47 Å². The van der Waals surface area contributed by atoms with Crippen LogP contribution >= 0.6 is 0 Å². The Morgan fingerprint density at radius 3 is 2.75 bits per heavy atom. The molecule has 1 N–H and O–H groups in total. The van der Waals surface area contributed by atoms with E-state index in [1.807, 2.05) is 6.92 Å². The molecule has 0 bridgehead atoms. The summed E-state index contributed by atoms with van der Waals surface area (Å²) in [6.07, 6.45) is 0. The Morgan fingerprint density at radius 2 is 1.92 bits per heavy atom. The summed E-state index contributed by atoms with van der Waals surface area (Å²) in [5, 5.41) is 3.54. The van der Waals surface area contributed by atoms with Crippen LogP contribution in [0, 0.1) is 0 Å². The van der Waals surface area contributed by atoms with Crippen LogP contribution in [0.3, 0.4) is 0 Å². The third kappa shape index (κ3) is 4.49. The van der Waals surface area contributed by atoms with Crippen LogP contribution in [-0.2, 0) is 22.6 Å². The molecule has 0 radical (unpaired) electrons. The average molecular weight is 326 g/mol. The van der Waals surface area contributed by atoms with Gasteiger partial charge in [0.2, 0.25) is 0 Å². The van der Waals surface area contributed by atoms with Gasteiger partial charge in [-0.2, -0.15) is 0 Å². The summed E-state index contributed by atoms with van der Waals surface area (Å²) < 4.78 is 11.0. The molecular formula is C20H26N2O2. The molecule has 4 nitrogen and oxygen atoms in total. The lowest BCUT2D eigenvalue weighted by atomic mass is 10.1. The normalized spacial score (nSPS) is 14.6. The number of rotatable bonds is 7. The van der Waals surface area contributed by atoms with Crippen molar-refractivity contribution in [2.45, 2.75) is 20.1 Å². The van der Waals surface area contributed by atoms with Crippen LogP contribution < -0.4 is 10.2 Å². The third-order valence-electron chi connectivity index (χ3n) is 4.23. The molecule has 128 valence electrons. The largest absolute Gasteiger partial charge is 0.381 e. The summed E-state index contributed by atoms with van der Waals surface area (Å²) >= 11 is 0. The van der Waals surface area contributed by atoms with Gasteiger partial charge in [0, 0.05) is 37.6 Å². The highest BCUT2D eigenvalue weighted by atomic mass is 16.5. The van der Waals surface area contributed by atoms with E-state index in [-0.39, 0.29) is 0 Å². The average Bonchev–Trinajstić information content (AvgIpc) is 2.66. The third-order valence-corrected chi connectivity index (χ3v) is 4.23. The number of nitrogens with zero attached hydrogens (tertiary/aromatic N) is 1. The number of para-hydroxylation sites is 1. The molecule has 0 spiro atoms. The lowest BCUT2D eigenvalue weighted by Crippen LogP contribution is -2.36. The van der Waals surface area contributed by atoms with E-state index in [0.717, 1.165) is 45.1 Å². The molecular weight excluding hydrogens is 300 g/mol. The van der Waals surface area contributed by atoms with E-state index in [2.05, 4.69) is 58.7 Å². The number of benzene rings is 2. The minimum atomic E-state index is 0.663. The Morgan fingerprint density at radius 1 is 1.08 bits per heavy atom. The second-order valence-electron chi connectivity index (χ2n) is 5.92. The molecule has 2 aromatic rings. The number of hydrogen-bond donors (Lipinski definition) is 1. The van der Waals surface area contributed by atoms with Crippen molar-refractivity contribution in [3.8, 4) is 0 Å². The zero-order valence-electron chi connectivity index (χ0n) is 14.3. The lowest BCUT2D eigenvalue weighted by molar-refractivity contribution is 0.122. The van der Waals surface area contributed by atoms with Gasteiger partial charge in [-0.25, -0.2) is 0 Å². The maximum Gasteiger partial charge on any atom is 0.0717 e. The first-order chi connectivity index (χ1) is 11.9. The van der Waals surface area contributed by atoms with Gasteiger partial charge in [-0.15, -0.1) is 0 Å². The molecule has 1 fully saturated rings. The van der Waals surface area contributed by atoms with E-state index < -0.39 is 0 Å². The lowest BCUT2D eigenvalue weighted by Gasteiger charge is -2.30. The van der Waals surface area contributed by atoms with Gasteiger partial charge < -0.3 is 19.7 Å². The Labute approximate surface area is 144 Å². The van der Waals surface area contributed by atoms with Gasteiger partial charge in [-0.3, -0.25) is 0 Å². The molecule has 1 heterocycles. The topological polar surface area (TPSA) is 33.7 Å². The summed E-state index contributed by atoms with van der Waals surface area (Å²) in [5.74, 6) is 0. The monoisotopic (exact) mass is 326 g/mol. The molecule has 0 atom stereocenters. The summed E-state index contributed by atoms with van der Waals surface area (Å²) in [6.45, 7) is 7.77. The van der Waals surface area contributed by atoms with Crippen LogP contribution in [-0.4, -0.2) is 32.9 Å². The summed E-state index contributed by atoms with van der Waals surface area (Å²) in [4.78, 5) is 2.41. The predicted octanol–water partition coefficient (Wildman–Crippen LogP) is 3.67. The van der Waals surface area contributed by atoms with Gasteiger partial charge in [0.1, 0.15) is 0 Å². The summed E-state index contributed by atoms with van der Waals surface area (Å²) in [7, 11) is 0. The Bertz CT molecular complexity index is 639. The molecule has 2 aromatic carbocycles. The fraction of sp³-hybridized carbons (Fsp3) is 0.400. The Hall–Kier alpha value is -2.04. The first-order valence-electron chi connectivity index (χ1n) is 8.68. The zero-order valence-corrected chi connectivity index (χ0v) is 14.3. The molecule has 0 amide bonds. The highest BCUT2D eigenvalue weighted by Crippen LogP contribution is 2.23. The van der Waals surface area contributed by atoms with E-state index in [1.165, 1.54) is 16.8 Å². The highest BCUT2D eigenvalue weighted by molar-refractivity contribution is 5.56. The number of morpholine rings is 1. The quantitative estimate of drug-likeness (QED) is 0.842. The second kappa shape index (κ2) is 8.71. The predicted molar refractivity (Wildman–Crippen MR) is 98.6 cm³/mol. The van der Waals surface area contributed by atoms with Crippen molar-refractivity contribution in [1.29, 1.82) is 0 Å². The minimum Gasteiger partial charge on any atom is -0.381 e. The van der Waals surface area contributed by atoms with Gasteiger partial charge in [-0.1, -0.05) is 30.3 Å². The first-order valence-corrected chi connectivity index (χ1v) is 8.68. The molecule has 1 saturated heterocycles. The minimum absolute atomic E-state index is 0.663. The van der Waals surface area contributed by atoms with Crippen LogP contribution in [0.5, 0.6) is 0 Å². The van der Waals surface area contributed by atoms with E-state index in [4.69, 9.17) is 9.47 Å². The van der Waals surface area contributed by atoms with Gasteiger partial charge >= 0.3 is 0 Å². The second-order valence-corrected chi connectivity index (χ2v) is 5.92. The molecule has 1 aliphatic heterocycles. The van der Waals surface area contributed by atoms with Crippen LogP contribution in [0.4, 0.5) is 11.4 Å². The van der Waals surface area contributed by atoms with Crippen LogP contribution in [0.2, 0.25) is 0 Å². The molecule has 0 aliphatic carbocycles. The molecule has 4 heteroatoms. The SMILES string of the molecule is CCOCc1cccc(NCc2ccccc2N2CCOCC2)c1. The van der Waals surface area contributed by atoms with E-state index in [1.54, 1.807) is 0 Å². The van der Waals surface area contributed by atoms with Crippen molar-refractivity contribution in [3.63, 3.8) is 0 Å². The maximum atomic E-state index is 5.49. The number of ether oxygens (including phenoxy) is 2. The Kier molecular flexibility index (Phi) is 6.10. The van der Waals surface area contributed by atoms with Crippen molar-refractivity contribution in [3.05, 3.63) is 59.7 Å². The van der Waals surface area contributed by atoms with Crippen LogP contribution in [0.15, 0.2) is 48.5 Å². The molecule has 0 saturated carbocycles. The molecule has 0 aromatic heterocycles. The first kappa shape index (κ1) is 16.8. The molecule has 24 heavy (non-hydrogen) atoms. The smallest absolute Gasteiger partial charge is 0.0717 e. The fourth-order valence-electron chi connectivity index (χ4n) is 2.96.